The summed E-state index contributed by atoms with van der Waals surface area (Å²) in [5.74, 6) is 0.855. The Morgan fingerprint density at radius 3 is 2.94 bits per heavy atom. The standard InChI is InChI=1S/C10H9Cl2N3OS/c11-5-3-6-8(14-15-10(13)16)1-2-17-9(6)7(12)4-5/h3-4H,1-2H2,(H3,13,15,16)/b14-8+. The predicted molar refractivity (Wildman–Crippen MR) is 71.1 cm³/mol. The highest BCUT2D eigenvalue weighted by Crippen LogP contribution is 2.38. The lowest BCUT2D eigenvalue weighted by Gasteiger charge is -2.18. The van der Waals surface area contributed by atoms with E-state index in [0.717, 1.165) is 28.3 Å². The van der Waals surface area contributed by atoms with Crippen molar-refractivity contribution in [2.24, 2.45) is 10.8 Å². The molecule has 1 aromatic carbocycles. The molecule has 0 bridgehead atoms. The van der Waals surface area contributed by atoms with Gasteiger partial charge in [-0.15, -0.1) is 11.8 Å². The summed E-state index contributed by atoms with van der Waals surface area (Å²) in [5.41, 5.74) is 8.79. The molecule has 1 aromatic rings. The molecule has 0 unspecified atom stereocenters. The summed E-state index contributed by atoms with van der Waals surface area (Å²) in [6.45, 7) is 0. The summed E-state index contributed by atoms with van der Waals surface area (Å²) in [6.07, 6.45) is 0.731. The topological polar surface area (TPSA) is 67.5 Å². The van der Waals surface area contributed by atoms with E-state index in [1.807, 2.05) is 0 Å². The summed E-state index contributed by atoms with van der Waals surface area (Å²) < 4.78 is 0. The van der Waals surface area contributed by atoms with Gasteiger partial charge in [-0.2, -0.15) is 5.10 Å². The van der Waals surface area contributed by atoms with Crippen LogP contribution in [0.1, 0.15) is 12.0 Å². The van der Waals surface area contributed by atoms with Crippen molar-refractivity contribution >= 4 is 46.7 Å². The lowest BCUT2D eigenvalue weighted by molar-refractivity contribution is 0.249. The van der Waals surface area contributed by atoms with Crippen molar-refractivity contribution < 1.29 is 4.79 Å². The number of amides is 2. The Morgan fingerprint density at radius 1 is 1.47 bits per heavy atom. The van der Waals surface area contributed by atoms with Gasteiger partial charge in [-0.1, -0.05) is 23.2 Å². The molecule has 0 saturated carbocycles. The monoisotopic (exact) mass is 289 g/mol. The molecule has 1 heterocycles. The Kier molecular flexibility index (Phi) is 3.81. The molecule has 0 spiro atoms. The quantitative estimate of drug-likeness (QED) is 0.781. The number of nitrogens with one attached hydrogen (secondary N) is 1. The minimum Gasteiger partial charge on any atom is -0.350 e. The van der Waals surface area contributed by atoms with Crippen molar-refractivity contribution in [1.82, 2.24) is 5.43 Å². The molecule has 0 fully saturated rings. The number of urea groups is 1. The molecule has 2 rings (SSSR count). The normalized spacial score (nSPS) is 16.7. The SMILES string of the molecule is NC(=O)N/N=C1\CCSc2c(Cl)cc(Cl)cc21. The van der Waals surface area contributed by atoms with E-state index in [1.165, 1.54) is 0 Å². The van der Waals surface area contributed by atoms with Gasteiger partial charge >= 0.3 is 6.03 Å². The van der Waals surface area contributed by atoms with Crippen LogP contribution < -0.4 is 11.2 Å². The van der Waals surface area contributed by atoms with E-state index in [2.05, 4.69) is 10.5 Å². The summed E-state index contributed by atoms with van der Waals surface area (Å²) in [6, 6.07) is 2.79. The smallest absolute Gasteiger partial charge is 0.332 e. The third kappa shape index (κ3) is 2.86. The Bertz CT molecular complexity index is 505. The second-order valence-corrected chi connectivity index (χ2v) is 5.35. The average Bonchev–Trinajstić information content (AvgIpc) is 2.26. The largest absolute Gasteiger partial charge is 0.350 e. The molecule has 17 heavy (non-hydrogen) atoms. The van der Waals surface area contributed by atoms with Gasteiger partial charge in [0.1, 0.15) is 0 Å². The number of nitrogens with two attached hydrogens (primary N) is 1. The minimum atomic E-state index is -0.689. The van der Waals surface area contributed by atoms with Gasteiger partial charge in [0.05, 0.1) is 10.7 Å². The zero-order valence-corrected chi connectivity index (χ0v) is 11.0. The zero-order valence-electron chi connectivity index (χ0n) is 8.67. The number of carbonyl (C=O) groups excluding carboxylic acids is 1. The van der Waals surface area contributed by atoms with Crippen LogP contribution in [0, 0.1) is 0 Å². The van der Waals surface area contributed by atoms with E-state index in [9.17, 15) is 4.79 Å². The second-order valence-electron chi connectivity index (χ2n) is 3.40. The summed E-state index contributed by atoms with van der Waals surface area (Å²) in [4.78, 5) is 11.6. The molecule has 90 valence electrons. The lowest BCUT2D eigenvalue weighted by Crippen LogP contribution is -2.26. The predicted octanol–water partition coefficient (Wildman–Crippen LogP) is 2.86. The van der Waals surface area contributed by atoms with E-state index in [-0.39, 0.29) is 0 Å². The zero-order chi connectivity index (χ0) is 12.4. The molecule has 7 heteroatoms. The van der Waals surface area contributed by atoms with Gasteiger partial charge in [-0.3, -0.25) is 0 Å². The van der Waals surface area contributed by atoms with Crippen LogP contribution in [0.15, 0.2) is 22.1 Å². The number of halogens is 2. The van der Waals surface area contributed by atoms with Gasteiger partial charge in [-0.05, 0) is 12.1 Å². The van der Waals surface area contributed by atoms with Crippen molar-refractivity contribution in [2.75, 3.05) is 5.75 Å². The maximum atomic E-state index is 10.6. The first-order valence-corrected chi connectivity index (χ1v) is 6.56. The first kappa shape index (κ1) is 12.5. The molecule has 1 aliphatic heterocycles. The van der Waals surface area contributed by atoms with Crippen LogP contribution in [-0.2, 0) is 0 Å². The number of hydrogen-bond donors (Lipinski definition) is 2. The fourth-order valence-electron chi connectivity index (χ4n) is 1.54. The fraction of sp³-hybridized carbons (Fsp3) is 0.200. The number of thioether (sulfide) groups is 1. The lowest BCUT2D eigenvalue weighted by atomic mass is 10.1. The van der Waals surface area contributed by atoms with Crippen LogP contribution in [0.5, 0.6) is 0 Å². The number of primary amides is 1. The molecular weight excluding hydrogens is 281 g/mol. The number of nitrogens with zero attached hydrogens (tertiary/aromatic N) is 1. The molecular formula is C10H9Cl2N3OS. The number of rotatable bonds is 1. The van der Waals surface area contributed by atoms with E-state index < -0.39 is 6.03 Å². The van der Waals surface area contributed by atoms with Gasteiger partial charge in [0.2, 0.25) is 0 Å². The molecule has 2 amide bonds. The highest BCUT2D eigenvalue weighted by Gasteiger charge is 2.19. The van der Waals surface area contributed by atoms with Crippen LogP contribution in [0.4, 0.5) is 4.79 Å². The van der Waals surface area contributed by atoms with Crippen LogP contribution in [0.25, 0.3) is 0 Å². The molecule has 0 radical (unpaired) electrons. The summed E-state index contributed by atoms with van der Waals surface area (Å²) in [5, 5.41) is 5.11. The Morgan fingerprint density at radius 2 is 2.24 bits per heavy atom. The fourth-order valence-corrected chi connectivity index (χ4v) is 3.23. The number of hydrogen-bond acceptors (Lipinski definition) is 3. The molecule has 0 saturated heterocycles. The third-order valence-corrected chi connectivity index (χ3v) is 3.97. The number of fused-ring (bicyclic) bond motifs is 1. The molecule has 0 aliphatic carbocycles. The Hall–Kier alpha value is -0.910. The molecule has 0 aromatic heterocycles. The van der Waals surface area contributed by atoms with Crippen LogP contribution >= 0.6 is 35.0 Å². The van der Waals surface area contributed by atoms with E-state index in [4.69, 9.17) is 28.9 Å². The molecule has 3 N–H and O–H groups in total. The maximum absolute atomic E-state index is 10.6. The third-order valence-electron chi connectivity index (χ3n) is 2.21. The molecule has 4 nitrogen and oxygen atoms in total. The van der Waals surface area contributed by atoms with Crippen LogP contribution in [-0.4, -0.2) is 17.5 Å². The summed E-state index contributed by atoms with van der Waals surface area (Å²) >= 11 is 13.7. The minimum absolute atomic E-state index is 0.544. The highest BCUT2D eigenvalue weighted by molar-refractivity contribution is 7.99. The van der Waals surface area contributed by atoms with Crippen LogP contribution in [0.3, 0.4) is 0 Å². The maximum Gasteiger partial charge on any atom is 0.332 e. The Balaban J connectivity index is 2.43. The van der Waals surface area contributed by atoms with Crippen molar-refractivity contribution in [2.45, 2.75) is 11.3 Å². The second kappa shape index (κ2) is 5.16. The highest BCUT2D eigenvalue weighted by atomic mass is 35.5. The van der Waals surface area contributed by atoms with Gasteiger partial charge in [0.25, 0.3) is 0 Å². The van der Waals surface area contributed by atoms with E-state index >= 15 is 0 Å². The first-order valence-electron chi connectivity index (χ1n) is 4.82. The number of benzene rings is 1. The van der Waals surface area contributed by atoms with Crippen molar-refractivity contribution in [1.29, 1.82) is 0 Å². The first-order chi connectivity index (χ1) is 8.08. The van der Waals surface area contributed by atoms with Gasteiger partial charge in [0, 0.05) is 27.7 Å². The summed E-state index contributed by atoms with van der Waals surface area (Å²) in [7, 11) is 0. The average molecular weight is 290 g/mol. The van der Waals surface area contributed by atoms with Crippen LogP contribution in [0.2, 0.25) is 10.0 Å². The van der Waals surface area contributed by atoms with Crippen molar-refractivity contribution in [3.63, 3.8) is 0 Å². The number of hydrazone groups is 1. The number of carbonyl (C=O) groups is 1. The van der Waals surface area contributed by atoms with E-state index in [1.54, 1.807) is 23.9 Å². The molecule has 1 aliphatic rings. The van der Waals surface area contributed by atoms with Gasteiger partial charge in [0.15, 0.2) is 0 Å². The molecule has 0 atom stereocenters. The Labute approximate surface area is 113 Å². The van der Waals surface area contributed by atoms with Gasteiger partial charge < -0.3 is 5.73 Å². The van der Waals surface area contributed by atoms with Crippen molar-refractivity contribution in [3.05, 3.63) is 27.7 Å². The van der Waals surface area contributed by atoms with Gasteiger partial charge in [-0.25, -0.2) is 10.2 Å². The van der Waals surface area contributed by atoms with Crippen molar-refractivity contribution in [3.8, 4) is 0 Å². The van der Waals surface area contributed by atoms with E-state index in [0.29, 0.717) is 10.0 Å².